The number of H-pyrrole nitrogens is 2. The minimum Gasteiger partial charge on any atom is -0.394 e. The van der Waals surface area contributed by atoms with Gasteiger partial charge in [0.05, 0.1) is 11.5 Å². The molecule has 1 rings (SSSR count). The molecular formula is C10H15N3O10. The largest absolute Gasteiger partial charge is 0.394 e. The summed E-state index contributed by atoms with van der Waals surface area (Å²) < 4.78 is 0. The molecule has 1 aromatic heterocycles. The van der Waals surface area contributed by atoms with Gasteiger partial charge in [-0.2, -0.15) is 0 Å². The Morgan fingerprint density at radius 3 is 2.04 bits per heavy atom. The first-order chi connectivity index (χ1) is 10.6. The van der Waals surface area contributed by atoms with Crippen molar-refractivity contribution in [1.29, 1.82) is 0 Å². The smallest absolute Gasteiger partial charge is 0.355 e. The zero-order valence-electron chi connectivity index (χ0n) is 11.4. The monoisotopic (exact) mass is 337 g/mol. The average Bonchev–Trinajstić information content (AvgIpc) is 2.49. The van der Waals surface area contributed by atoms with Crippen LogP contribution in [0.15, 0.2) is 9.59 Å². The maximum Gasteiger partial charge on any atom is 0.355 e. The second-order valence-corrected chi connectivity index (χ2v) is 4.59. The highest BCUT2D eigenvalue weighted by molar-refractivity contribution is 5.34. The third-order valence-corrected chi connectivity index (χ3v) is 3.03. The molecule has 0 spiro atoms. The van der Waals surface area contributed by atoms with Crippen LogP contribution < -0.4 is 11.2 Å². The van der Waals surface area contributed by atoms with Gasteiger partial charge in [-0.05, 0) is 0 Å². The van der Waals surface area contributed by atoms with Gasteiger partial charge in [0.1, 0.15) is 36.2 Å². The number of aliphatic hydroxyl groups is 6. The number of nitrogens with one attached hydrogen (secondary N) is 2. The quantitative estimate of drug-likeness (QED) is 0.175. The first kappa shape index (κ1) is 18.9. The van der Waals surface area contributed by atoms with E-state index in [1.165, 1.54) is 0 Å². The van der Waals surface area contributed by atoms with Crippen molar-refractivity contribution in [1.82, 2.24) is 9.97 Å². The molecular weight excluding hydrogens is 322 g/mol. The van der Waals surface area contributed by atoms with Gasteiger partial charge in [0.15, 0.2) is 0 Å². The average molecular weight is 337 g/mol. The van der Waals surface area contributed by atoms with Crippen molar-refractivity contribution < 1.29 is 35.6 Å². The molecule has 0 aliphatic heterocycles. The van der Waals surface area contributed by atoms with E-state index in [-0.39, 0.29) is 0 Å². The highest BCUT2D eigenvalue weighted by Gasteiger charge is 2.38. The van der Waals surface area contributed by atoms with Crippen molar-refractivity contribution in [2.75, 3.05) is 6.61 Å². The fourth-order valence-corrected chi connectivity index (χ4v) is 1.79. The van der Waals surface area contributed by atoms with E-state index in [2.05, 4.69) is 0 Å². The van der Waals surface area contributed by atoms with E-state index >= 15 is 0 Å². The minimum atomic E-state index is -2.35. The Bertz CT molecular complexity index is 670. The molecule has 13 heteroatoms. The van der Waals surface area contributed by atoms with Crippen LogP contribution in [-0.4, -0.2) is 76.6 Å². The van der Waals surface area contributed by atoms with Crippen LogP contribution in [-0.2, 0) is 0 Å². The molecule has 5 atom stereocenters. The zero-order chi connectivity index (χ0) is 17.9. The number of aromatic amines is 2. The van der Waals surface area contributed by atoms with Gasteiger partial charge in [-0.1, -0.05) is 0 Å². The van der Waals surface area contributed by atoms with Crippen LogP contribution in [0.2, 0.25) is 0 Å². The summed E-state index contributed by atoms with van der Waals surface area (Å²) in [6.07, 6.45) is -10.9. The summed E-state index contributed by atoms with van der Waals surface area (Å²) in [5.74, 6) is 0. The molecule has 130 valence electrons. The molecule has 0 aliphatic rings. The van der Waals surface area contributed by atoms with Crippen molar-refractivity contribution in [3.63, 3.8) is 0 Å². The topological polar surface area (TPSA) is 230 Å². The van der Waals surface area contributed by atoms with Gasteiger partial charge in [0, 0.05) is 0 Å². The lowest BCUT2D eigenvalue weighted by Gasteiger charge is -2.28. The van der Waals surface area contributed by atoms with E-state index in [0.29, 0.717) is 0 Å². The summed E-state index contributed by atoms with van der Waals surface area (Å²) in [5.41, 5.74) is -4.95. The third kappa shape index (κ3) is 3.98. The summed E-state index contributed by atoms with van der Waals surface area (Å²) in [6, 6.07) is 0. The molecule has 0 bridgehead atoms. The van der Waals surface area contributed by atoms with Crippen molar-refractivity contribution >= 4 is 5.69 Å². The van der Waals surface area contributed by atoms with Crippen molar-refractivity contribution in [3.8, 4) is 0 Å². The fourth-order valence-electron chi connectivity index (χ4n) is 1.79. The van der Waals surface area contributed by atoms with E-state index in [0.717, 1.165) is 0 Å². The number of hydrogen-bond acceptors (Lipinski definition) is 10. The summed E-state index contributed by atoms with van der Waals surface area (Å²) in [4.78, 5) is 35.4. The fraction of sp³-hybridized carbons (Fsp3) is 0.600. The molecule has 0 saturated carbocycles. The van der Waals surface area contributed by atoms with Gasteiger partial charge in [0.2, 0.25) is 0 Å². The van der Waals surface area contributed by atoms with Crippen molar-refractivity contribution in [2.24, 2.45) is 0 Å². The minimum absolute atomic E-state index is 0.983. The highest BCUT2D eigenvalue weighted by Crippen LogP contribution is 2.24. The molecule has 0 aliphatic carbocycles. The van der Waals surface area contributed by atoms with Crippen LogP contribution in [0.25, 0.3) is 0 Å². The number of nitro groups is 1. The van der Waals surface area contributed by atoms with E-state index in [1.54, 1.807) is 9.97 Å². The summed E-state index contributed by atoms with van der Waals surface area (Å²) in [6.45, 7) is -0.983. The van der Waals surface area contributed by atoms with Crippen LogP contribution in [0.5, 0.6) is 0 Å². The molecule has 23 heavy (non-hydrogen) atoms. The normalized spacial score (nSPS) is 18.0. The number of nitrogens with zero attached hydrogens (tertiary/aromatic N) is 1. The number of aromatic nitrogens is 2. The second-order valence-electron chi connectivity index (χ2n) is 4.59. The second kappa shape index (κ2) is 7.40. The third-order valence-electron chi connectivity index (χ3n) is 3.03. The molecule has 0 unspecified atom stereocenters. The Hall–Kier alpha value is -2.16. The zero-order valence-corrected chi connectivity index (χ0v) is 11.4. The number of hydrogen-bond donors (Lipinski definition) is 8. The maximum atomic E-state index is 11.4. The van der Waals surface area contributed by atoms with E-state index in [9.17, 15) is 40.1 Å². The number of aliphatic hydroxyl groups excluding tert-OH is 6. The van der Waals surface area contributed by atoms with Gasteiger partial charge < -0.3 is 35.6 Å². The standard InChI is InChI=1S/C10H15N3O10/c14-1-2(15)5(16)7(18)8(19)6(17)3-4(13(22)23)9(20)12-10(21)11-3/h2,5-8,14-19H,1H2,(H2,11,12,20,21)/t2-,5-,6+,7-,8-/m1/s1. The molecule has 0 radical (unpaired) electrons. The Kier molecular flexibility index (Phi) is 6.08. The predicted molar refractivity (Wildman–Crippen MR) is 70.4 cm³/mol. The molecule has 0 saturated heterocycles. The Morgan fingerprint density at radius 1 is 1.00 bits per heavy atom. The Balaban J connectivity index is 3.24. The Labute approximate surface area is 126 Å². The summed E-state index contributed by atoms with van der Waals surface area (Å²) >= 11 is 0. The van der Waals surface area contributed by atoms with Gasteiger partial charge in [0.25, 0.3) is 0 Å². The first-order valence-electron chi connectivity index (χ1n) is 6.13. The lowest BCUT2D eigenvalue weighted by molar-refractivity contribution is -0.388. The van der Waals surface area contributed by atoms with Crippen LogP contribution in [0.1, 0.15) is 11.8 Å². The molecule has 0 amide bonds. The van der Waals surface area contributed by atoms with Crippen LogP contribution >= 0.6 is 0 Å². The predicted octanol–water partition coefficient (Wildman–Crippen LogP) is -4.56. The molecule has 13 nitrogen and oxygen atoms in total. The summed E-state index contributed by atoms with van der Waals surface area (Å²) in [5, 5.41) is 67.2. The molecule has 1 heterocycles. The van der Waals surface area contributed by atoms with E-state index in [4.69, 9.17) is 10.2 Å². The van der Waals surface area contributed by atoms with Crippen LogP contribution in [0, 0.1) is 10.1 Å². The van der Waals surface area contributed by atoms with Gasteiger partial charge >= 0.3 is 16.9 Å². The Morgan fingerprint density at radius 2 is 1.57 bits per heavy atom. The molecule has 0 aromatic carbocycles. The lowest BCUT2D eigenvalue weighted by Crippen LogP contribution is -2.48. The van der Waals surface area contributed by atoms with Crippen LogP contribution in [0.4, 0.5) is 5.69 Å². The molecule has 1 aromatic rings. The van der Waals surface area contributed by atoms with Crippen molar-refractivity contribution in [3.05, 3.63) is 36.6 Å². The van der Waals surface area contributed by atoms with E-state index < -0.39 is 64.7 Å². The van der Waals surface area contributed by atoms with Crippen molar-refractivity contribution in [2.45, 2.75) is 30.5 Å². The summed E-state index contributed by atoms with van der Waals surface area (Å²) in [7, 11) is 0. The van der Waals surface area contributed by atoms with E-state index in [1.807, 2.05) is 0 Å². The first-order valence-corrected chi connectivity index (χ1v) is 6.13. The van der Waals surface area contributed by atoms with Gasteiger partial charge in [-0.15, -0.1) is 0 Å². The van der Waals surface area contributed by atoms with Gasteiger partial charge in [-0.3, -0.25) is 19.9 Å². The van der Waals surface area contributed by atoms with Crippen LogP contribution in [0.3, 0.4) is 0 Å². The molecule has 8 N–H and O–H groups in total. The van der Waals surface area contributed by atoms with Gasteiger partial charge in [-0.25, -0.2) is 4.79 Å². The number of rotatable bonds is 7. The SMILES string of the molecule is O=c1[nH]c([C@H](O)[C@@H](O)[C@H](O)[C@H](O)[C@H](O)CO)c([N+](=O)[O-])c(=O)[nH]1. The maximum absolute atomic E-state index is 11.4. The lowest BCUT2D eigenvalue weighted by atomic mass is 9.97. The molecule has 0 fully saturated rings. The highest BCUT2D eigenvalue weighted by atomic mass is 16.6.